The molecule has 2 aromatic carbocycles. The van der Waals surface area contributed by atoms with Gasteiger partial charge in [-0.3, -0.25) is 14.2 Å². The summed E-state index contributed by atoms with van der Waals surface area (Å²) in [5, 5.41) is 7.50. The van der Waals surface area contributed by atoms with Crippen molar-refractivity contribution in [2.24, 2.45) is 0 Å². The molecule has 176 valence electrons. The van der Waals surface area contributed by atoms with E-state index in [1.807, 2.05) is 6.26 Å². The number of thioether (sulfide) groups is 1. The minimum atomic E-state index is -0.359. The van der Waals surface area contributed by atoms with Gasteiger partial charge in [0.25, 0.3) is 11.3 Å². The zero-order valence-corrected chi connectivity index (χ0v) is 20.3. The van der Waals surface area contributed by atoms with Crippen LogP contribution >= 0.6 is 23.4 Å². The van der Waals surface area contributed by atoms with E-state index in [1.165, 1.54) is 22.9 Å². The van der Waals surface area contributed by atoms with Crippen LogP contribution in [0.2, 0.25) is 5.02 Å². The van der Waals surface area contributed by atoms with E-state index >= 15 is 0 Å². The Kier molecular flexibility index (Phi) is 7.54. The van der Waals surface area contributed by atoms with Gasteiger partial charge in [-0.15, -0.1) is 11.8 Å². The molecule has 0 fully saturated rings. The summed E-state index contributed by atoms with van der Waals surface area (Å²) >= 11 is 8.02. The lowest BCUT2D eigenvalue weighted by molar-refractivity contribution is -0.121. The molecule has 4 rings (SSSR count). The molecule has 2 aromatic heterocycles. The van der Waals surface area contributed by atoms with E-state index in [-0.39, 0.29) is 41.2 Å². The predicted molar refractivity (Wildman–Crippen MR) is 133 cm³/mol. The second-order valence-corrected chi connectivity index (χ2v) is 8.79. The van der Waals surface area contributed by atoms with Gasteiger partial charge in [0, 0.05) is 30.0 Å². The molecule has 0 spiro atoms. The number of rotatable bonds is 9. The Balaban J connectivity index is 1.43. The third-order valence-corrected chi connectivity index (χ3v) is 6.44. The maximum absolute atomic E-state index is 13.1. The maximum atomic E-state index is 13.1. The van der Waals surface area contributed by atoms with Crippen LogP contribution in [0.3, 0.4) is 0 Å². The zero-order valence-electron chi connectivity index (χ0n) is 18.7. The monoisotopic (exact) mass is 498 g/mol. The first-order valence-corrected chi connectivity index (χ1v) is 12.2. The van der Waals surface area contributed by atoms with Crippen LogP contribution in [-0.4, -0.2) is 40.5 Å². The molecule has 1 N–H and O–H groups in total. The Morgan fingerprint density at radius 1 is 1.24 bits per heavy atom. The largest absolute Gasteiger partial charge is 0.497 e. The number of halogens is 1. The van der Waals surface area contributed by atoms with Gasteiger partial charge in [0.15, 0.2) is 0 Å². The fourth-order valence-corrected chi connectivity index (χ4v) is 4.10. The van der Waals surface area contributed by atoms with Crippen molar-refractivity contribution < 1.29 is 14.1 Å². The summed E-state index contributed by atoms with van der Waals surface area (Å²) in [7, 11) is 1.54. The third-order valence-electron chi connectivity index (χ3n) is 5.37. The molecule has 0 aliphatic heterocycles. The molecule has 8 nitrogen and oxygen atoms in total. The van der Waals surface area contributed by atoms with E-state index in [0.29, 0.717) is 22.9 Å². The molecule has 0 aliphatic rings. The lowest BCUT2D eigenvalue weighted by Gasteiger charge is -2.08. The molecular weight excluding hydrogens is 476 g/mol. The molecule has 0 unspecified atom stereocenters. The molecular formula is C24H23ClN4O4S. The molecule has 0 saturated heterocycles. The van der Waals surface area contributed by atoms with Crippen molar-refractivity contribution in [1.29, 1.82) is 0 Å². The first kappa shape index (κ1) is 23.8. The summed E-state index contributed by atoms with van der Waals surface area (Å²) in [5.41, 5.74) is 1.68. The van der Waals surface area contributed by atoms with Crippen LogP contribution in [0.25, 0.3) is 22.4 Å². The van der Waals surface area contributed by atoms with Crippen LogP contribution in [0.4, 0.5) is 0 Å². The molecule has 10 heteroatoms. The number of nitrogens with one attached hydrogen (secondary N) is 1. The lowest BCUT2D eigenvalue weighted by atomic mass is 10.1. The van der Waals surface area contributed by atoms with Crippen molar-refractivity contribution in [3.63, 3.8) is 0 Å². The molecule has 2 heterocycles. The van der Waals surface area contributed by atoms with Crippen molar-refractivity contribution in [3.05, 3.63) is 69.7 Å². The van der Waals surface area contributed by atoms with E-state index in [1.54, 1.807) is 30.0 Å². The van der Waals surface area contributed by atoms with Crippen LogP contribution in [-0.2, 0) is 17.8 Å². The predicted octanol–water partition coefficient (Wildman–Crippen LogP) is 4.18. The highest BCUT2D eigenvalue weighted by molar-refractivity contribution is 7.98. The van der Waals surface area contributed by atoms with Crippen LogP contribution in [0.1, 0.15) is 12.0 Å². The van der Waals surface area contributed by atoms with Crippen molar-refractivity contribution in [3.8, 4) is 17.0 Å². The molecule has 0 bridgehead atoms. The van der Waals surface area contributed by atoms with E-state index in [2.05, 4.69) is 39.7 Å². The summed E-state index contributed by atoms with van der Waals surface area (Å²) in [6, 6.07) is 13.3. The van der Waals surface area contributed by atoms with Gasteiger partial charge < -0.3 is 14.6 Å². The van der Waals surface area contributed by atoms with Gasteiger partial charge in [0.1, 0.15) is 23.2 Å². The smallest absolute Gasteiger partial charge is 0.266 e. The number of methoxy groups -OCH3 is 1. The Labute approximate surface area is 205 Å². The maximum Gasteiger partial charge on any atom is 0.266 e. The number of carbonyl (C=O) groups is 1. The van der Waals surface area contributed by atoms with Crippen LogP contribution < -0.4 is 15.6 Å². The number of ether oxygens (including phenoxy) is 1. The Bertz CT molecular complexity index is 1370. The minimum absolute atomic E-state index is 0.104. The molecule has 0 aliphatic carbocycles. The number of carbonyl (C=O) groups excluding carboxylic acids is 1. The normalized spacial score (nSPS) is 11.0. The molecule has 1 amide bonds. The first-order chi connectivity index (χ1) is 16.5. The molecule has 4 aromatic rings. The summed E-state index contributed by atoms with van der Waals surface area (Å²) in [4.78, 5) is 30.8. The molecule has 0 radical (unpaired) electrons. The highest BCUT2D eigenvalue weighted by atomic mass is 35.5. The molecule has 34 heavy (non-hydrogen) atoms. The van der Waals surface area contributed by atoms with Crippen molar-refractivity contribution in [2.75, 3.05) is 19.9 Å². The SMILES string of the molecule is COc1ccc(Cl)c(-c2noc3ncn(CCC(=O)NCCc4ccc(SC)cc4)c(=O)c23)c1. The summed E-state index contributed by atoms with van der Waals surface area (Å²) in [5.74, 6) is 0.422. The van der Waals surface area contributed by atoms with E-state index in [4.69, 9.17) is 20.9 Å². The number of hydrogen-bond acceptors (Lipinski definition) is 7. The Morgan fingerprint density at radius 2 is 2.03 bits per heavy atom. The number of hydrogen-bond donors (Lipinski definition) is 1. The van der Waals surface area contributed by atoms with Gasteiger partial charge in [-0.05, 0) is 48.6 Å². The average molecular weight is 499 g/mol. The van der Waals surface area contributed by atoms with Gasteiger partial charge in [-0.1, -0.05) is 28.9 Å². The second-order valence-electron chi connectivity index (χ2n) is 7.50. The van der Waals surface area contributed by atoms with Gasteiger partial charge in [-0.25, -0.2) is 4.98 Å². The number of aryl methyl sites for hydroxylation is 1. The van der Waals surface area contributed by atoms with Crippen molar-refractivity contribution in [1.82, 2.24) is 20.0 Å². The van der Waals surface area contributed by atoms with Crippen molar-refractivity contribution in [2.45, 2.75) is 24.3 Å². The van der Waals surface area contributed by atoms with Gasteiger partial charge in [0.2, 0.25) is 5.91 Å². The summed E-state index contributed by atoms with van der Waals surface area (Å²) < 4.78 is 11.9. The summed E-state index contributed by atoms with van der Waals surface area (Å²) in [6.07, 6.45) is 4.26. The molecule has 0 saturated carbocycles. The highest BCUT2D eigenvalue weighted by Crippen LogP contribution is 2.33. The Hall–Kier alpha value is -3.30. The zero-order chi connectivity index (χ0) is 24.1. The number of nitrogens with zero attached hydrogens (tertiary/aromatic N) is 3. The molecule has 0 atom stereocenters. The number of amides is 1. The third kappa shape index (κ3) is 5.26. The van der Waals surface area contributed by atoms with Crippen LogP contribution in [0.15, 0.2) is 63.0 Å². The van der Waals surface area contributed by atoms with E-state index < -0.39 is 0 Å². The number of fused-ring (bicyclic) bond motifs is 1. The quantitative estimate of drug-likeness (QED) is 0.345. The minimum Gasteiger partial charge on any atom is -0.497 e. The van der Waals surface area contributed by atoms with Crippen molar-refractivity contribution >= 4 is 40.4 Å². The van der Waals surface area contributed by atoms with Crippen LogP contribution in [0, 0.1) is 0 Å². The lowest BCUT2D eigenvalue weighted by Crippen LogP contribution is -2.29. The number of benzene rings is 2. The fraction of sp³-hybridized carbons (Fsp3) is 0.250. The topological polar surface area (TPSA) is 99.2 Å². The number of aromatic nitrogens is 3. The first-order valence-electron chi connectivity index (χ1n) is 10.6. The highest BCUT2D eigenvalue weighted by Gasteiger charge is 2.20. The van der Waals surface area contributed by atoms with Gasteiger partial charge >= 0.3 is 0 Å². The van der Waals surface area contributed by atoms with Gasteiger partial charge in [0.05, 0.1) is 12.1 Å². The van der Waals surface area contributed by atoms with E-state index in [9.17, 15) is 9.59 Å². The second kappa shape index (κ2) is 10.8. The summed E-state index contributed by atoms with van der Waals surface area (Å²) in [6.45, 7) is 0.695. The average Bonchev–Trinajstić information content (AvgIpc) is 3.29. The van der Waals surface area contributed by atoms with Crippen LogP contribution in [0.5, 0.6) is 5.75 Å². The van der Waals surface area contributed by atoms with E-state index in [0.717, 1.165) is 12.0 Å². The fourth-order valence-electron chi connectivity index (χ4n) is 3.49. The Morgan fingerprint density at radius 3 is 2.76 bits per heavy atom. The standard InChI is InChI=1S/C24H23ClN4O4S/c1-32-16-5-8-19(25)18(13-16)22-21-23(33-28-22)27-14-29(24(21)31)12-10-20(30)26-11-9-15-3-6-17(34-2)7-4-15/h3-8,13-14H,9-12H2,1-2H3,(H,26,30). The van der Waals surface area contributed by atoms with Gasteiger partial charge in [-0.2, -0.15) is 0 Å².